The number of hydrogen-bond acceptors (Lipinski definition) is 5. The summed E-state index contributed by atoms with van der Waals surface area (Å²) in [7, 11) is 0. The number of ether oxygens (including phenoxy) is 1. The molecule has 1 aromatic carbocycles. The molecule has 0 bridgehead atoms. The van der Waals surface area contributed by atoms with E-state index in [1.54, 1.807) is 6.92 Å². The van der Waals surface area contributed by atoms with Gasteiger partial charge < -0.3 is 20.3 Å². The van der Waals surface area contributed by atoms with Gasteiger partial charge >= 0.3 is 5.97 Å². The predicted molar refractivity (Wildman–Crippen MR) is 87.9 cm³/mol. The van der Waals surface area contributed by atoms with Gasteiger partial charge in [0.1, 0.15) is 13.2 Å². The molecule has 0 radical (unpaired) electrons. The summed E-state index contributed by atoms with van der Waals surface area (Å²) in [6.45, 7) is 4.17. The van der Waals surface area contributed by atoms with Gasteiger partial charge in [-0.25, -0.2) is 0 Å². The molecule has 0 aromatic heterocycles. The number of amides is 2. The molecular weight excluding hydrogens is 310 g/mol. The maximum absolute atomic E-state index is 12.1. The Balaban J connectivity index is 1.72. The van der Waals surface area contributed by atoms with Gasteiger partial charge in [0.25, 0.3) is 0 Å². The van der Waals surface area contributed by atoms with Crippen LogP contribution in [0.15, 0.2) is 30.3 Å². The van der Waals surface area contributed by atoms with E-state index in [4.69, 9.17) is 4.74 Å². The molecule has 2 amide bonds. The molecule has 2 unspecified atom stereocenters. The van der Waals surface area contributed by atoms with E-state index in [0.717, 1.165) is 5.56 Å². The van der Waals surface area contributed by atoms with Crippen LogP contribution in [0.1, 0.15) is 19.4 Å². The number of hydrogen-bond donors (Lipinski definition) is 2. The number of carbonyl (C=O) groups excluding carboxylic acids is 3. The van der Waals surface area contributed by atoms with Gasteiger partial charge in [0.05, 0.1) is 12.6 Å². The highest BCUT2D eigenvalue weighted by molar-refractivity contribution is 5.89. The molecule has 0 saturated carbocycles. The van der Waals surface area contributed by atoms with Crippen LogP contribution in [-0.4, -0.2) is 54.4 Å². The van der Waals surface area contributed by atoms with Gasteiger partial charge in [-0.2, -0.15) is 0 Å². The topological polar surface area (TPSA) is 87.7 Å². The SMILES string of the molecule is CC1NCC(C)N(CC(=O)NCC(=O)OCc2ccccc2)C1=O. The average Bonchev–Trinajstić information content (AvgIpc) is 2.59. The second-order valence-electron chi connectivity index (χ2n) is 5.87. The lowest BCUT2D eigenvalue weighted by Crippen LogP contribution is -2.60. The van der Waals surface area contributed by atoms with Crippen molar-refractivity contribution >= 4 is 17.8 Å². The van der Waals surface area contributed by atoms with Crippen molar-refractivity contribution in [2.45, 2.75) is 32.5 Å². The second kappa shape index (κ2) is 8.44. The number of benzene rings is 1. The number of nitrogens with zero attached hydrogens (tertiary/aromatic N) is 1. The van der Waals surface area contributed by atoms with Crippen molar-refractivity contribution in [2.24, 2.45) is 0 Å². The zero-order chi connectivity index (χ0) is 17.5. The molecule has 0 spiro atoms. The minimum absolute atomic E-state index is 0.0576. The van der Waals surface area contributed by atoms with Crippen molar-refractivity contribution in [3.63, 3.8) is 0 Å². The predicted octanol–water partition coefficient (Wildman–Crippen LogP) is 0.0548. The molecule has 1 aliphatic rings. The lowest BCUT2D eigenvalue weighted by Gasteiger charge is -2.36. The Bertz CT molecular complexity index is 591. The highest BCUT2D eigenvalue weighted by atomic mass is 16.5. The maximum atomic E-state index is 12.1. The summed E-state index contributed by atoms with van der Waals surface area (Å²) < 4.78 is 5.08. The largest absolute Gasteiger partial charge is 0.460 e. The molecule has 1 saturated heterocycles. The highest BCUT2D eigenvalue weighted by Crippen LogP contribution is 2.07. The summed E-state index contributed by atoms with van der Waals surface area (Å²) in [6, 6.07) is 8.93. The Morgan fingerprint density at radius 1 is 1.29 bits per heavy atom. The van der Waals surface area contributed by atoms with Crippen molar-refractivity contribution < 1.29 is 19.1 Å². The summed E-state index contributed by atoms with van der Waals surface area (Å²) in [5.41, 5.74) is 0.881. The van der Waals surface area contributed by atoms with Crippen LogP contribution < -0.4 is 10.6 Å². The summed E-state index contributed by atoms with van der Waals surface area (Å²) in [5.74, 6) is -1.00. The Morgan fingerprint density at radius 3 is 2.71 bits per heavy atom. The minimum Gasteiger partial charge on any atom is -0.460 e. The molecule has 130 valence electrons. The van der Waals surface area contributed by atoms with Crippen LogP contribution in [-0.2, 0) is 25.7 Å². The number of carbonyl (C=O) groups is 3. The van der Waals surface area contributed by atoms with Gasteiger partial charge in [0.2, 0.25) is 11.8 Å². The lowest BCUT2D eigenvalue weighted by molar-refractivity contribution is -0.146. The Kier molecular flexibility index (Phi) is 6.31. The summed E-state index contributed by atoms with van der Waals surface area (Å²) in [6.07, 6.45) is 0. The Hall–Kier alpha value is -2.41. The number of esters is 1. The van der Waals surface area contributed by atoms with Gasteiger partial charge in [-0.05, 0) is 19.4 Å². The van der Waals surface area contributed by atoms with E-state index in [-0.39, 0.29) is 43.6 Å². The molecule has 1 aromatic rings. The van der Waals surface area contributed by atoms with Crippen LogP contribution >= 0.6 is 0 Å². The van der Waals surface area contributed by atoms with E-state index >= 15 is 0 Å². The highest BCUT2D eigenvalue weighted by Gasteiger charge is 2.31. The van der Waals surface area contributed by atoms with Crippen molar-refractivity contribution in [2.75, 3.05) is 19.6 Å². The fourth-order valence-corrected chi connectivity index (χ4v) is 2.42. The Morgan fingerprint density at radius 2 is 2.00 bits per heavy atom. The molecule has 1 heterocycles. The molecule has 7 heteroatoms. The molecule has 1 fully saturated rings. The van der Waals surface area contributed by atoms with Crippen molar-refractivity contribution in [3.8, 4) is 0 Å². The molecule has 2 rings (SSSR count). The first-order valence-electron chi connectivity index (χ1n) is 7.97. The molecule has 7 nitrogen and oxygen atoms in total. The summed E-state index contributed by atoms with van der Waals surface area (Å²) >= 11 is 0. The Labute approximate surface area is 141 Å². The molecule has 24 heavy (non-hydrogen) atoms. The van der Waals surface area contributed by atoms with E-state index in [2.05, 4.69) is 10.6 Å². The van der Waals surface area contributed by atoms with Crippen LogP contribution in [0.3, 0.4) is 0 Å². The molecule has 2 atom stereocenters. The first-order valence-corrected chi connectivity index (χ1v) is 7.97. The fraction of sp³-hybridized carbons (Fsp3) is 0.471. The van der Waals surface area contributed by atoms with Gasteiger partial charge in [-0.3, -0.25) is 14.4 Å². The fourth-order valence-electron chi connectivity index (χ4n) is 2.42. The van der Waals surface area contributed by atoms with E-state index in [1.807, 2.05) is 37.3 Å². The molecule has 0 aliphatic carbocycles. The van der Waals surface area contributed by atoms with E-state index < -0.39 is 5.97 Å². The third-order valence-electron chi connectivity index (χ3n) is 3.89. The van der Waals surface area contributed by atoms with Crippen LogP contribution in [0.25, 0.3) is 0 Å². The van der Waals surface area contributed by atoms with E-state index in [0.29, 0.717) is 6.54 Å². The lowest BCUT2D eigenvalue weighted by atomic mass is 10.1. The average molecular weight is 333 g/mol. The minimum atomic E-state index is -0.514. The quantitative estimate of drug-likeness (QED) is 0.719. The molecular formula is C17H23N3O4. The molecule has 2 N–H and O–H groups in total. The first kappa shape index (κ1) is 17.9. The van der Waals surface area contributed by atoms with Gasteiger partial charge in [-0.1, -0.05) is 30.3 Å². The number of rotatable bonds is 6. The third kappa shape index (κ3) is 5.06. The summed E-state index contributed by atoms with van der Waals surface area (Å²) in [5, 5.41) is 5.56. The van der Waals surface area contributed by atoms with Crippen molar-refractivity contribution in [1.82, 2.24) is 15.5 Å². The number of nitrogens with one attached hydrogen (secondary N) is 2. The van der Waals surface area contributed by atoms with Crippen molar-refractivity contribution in [3.05, 3.63) is 35.9 Å². The third-order valence-corrected chi connectivity index (χ3v) is 3.89. The zero-order valence-electron chi connectivity index (χ0n) is 14.0. The number of piperazine rings is 1. The molecule has 1 aliphatic heterocycles. The normalized spacial score (nSPS) is 20.6. The zero-order valence-corrected chi connectivity index (χ0v) is 14.0. The van der Waals surface area contributed by atoms with Gasteiger partial charge in [0, 0.05) is 12.6 Å². The van der Waals surface area contributed by atoms with Crippen LogP contribution in [0.2, 0.25) is 0 Å². The van der Waals surface area contributed by atoms with Crippen LogP contribution in [0, 0.1) is 0 Å². The van der Waals surface area contributed by atoms with Gasteiger partial charge in [0.15, 0.2) is 0 Å². The van der Waals surface area contributed by atoms with Crippen LogP contribution in [0.4, 0.5) is 0 Å². The second-order valence-corrected chi connectivity index (χ2v) is 5.87. The maximum Gasteiger partial charge on any atom is 0.325 e. The summed E-state index contributed by atoms with van der Waals surface area (Å²) in [4.78, 5) is 37.2. The standard InChI is InChI=1S/C17H23N3O4/c1-12-8-18-13(2)17(23)20(12)10-15(21)19-9-16(22)24-11-14-6-4-3-5-7-14/h3-7,12-13,18H,8-11H2,1-2H3,(H,19,21). The first-order chi connectivity index (χ1) is 11.5. The van der Waals surface area contributed by atoms with Crippen LogP contribution in [0.5, 0.6) is 0 Å². The van der Waals surface area contributed by atoms with E-state index in [9.17, 15) is 14.4 Å². The smallest absolute Gasteiger partial charge is 0.325 e. The monoisotopic (exact) mass is 333 g/mol. The van der Waals surface area contributed by atoms with Crippen molar-refractivity contribution in [1.29, 1.82) is 0 Å². The van der Waals surface area contributed by atoms with Gasteiger partial charge in [-0.15, -0.1) is 0 Å². The van der Waals surface area contributed by atoms with E-state index in [1.165, 1.54) is 4.90 Å².